The van der Waals surface area contributed by atoms with Crippen LogP contribution < -0.4 is 9.47 Å². The molecular weight excluding hydrogens is 258 g/mol. The third-order valence-corrected chi connectivity index (χ3v) is 2.64. The van der Waals surface area contributed by atoms with Crippen LogP contribution in [-0.4, -0.2) is 18.2 Å². The van der Waals surface area contributed by atoms with Crippen molar-refractivity contribution >= 4 is 5.97 Å². The SMILES string of the molecule is COc1ccccc1Oc1ccc(C(=O)O)cc1C#N. The van der Waals surface area contributed by atoms with E-state index in [4.69, 9.17) is 19.8 Å². The highest BCUT2D eigenvalue weighted by atomic mass is 16.5. The zero-order chi connectivity index (χ0) is 14.5. The number of para-hydroxylation sites is 2. The molecule has 0 unspecified atom stereocenters. The zero-order valence-electron chi connectivity index (χ0n) is 10.7. The second kappa shape index (κ2) is 5.76. The molecule has 0 radical (unpaired) electrons. The van der Waals surface area contributed by atoms with Crippen molar-refractivity contribution in [3.8, 4) is 23.3 Å². The van der Waals surface area contributed by atoms with Gasteiger partial charge in [-0.3, -0.25) is 0 Å². The van der Waals surface area contributed by atoms with Crippen molar-refractivity contribution in [1.82, 2.24) is 0 Å². The lowest BCUT2D eigenvalue weighted by atomic mass is 10.1. The average molecular weight is 269 g/mol. The molecule has 0 aromatic heterocycles. The molecule has 2 aromatic rings. The Hall–Kier alpha value is -3.00. The van der Waals surface area contributed by atoms with Crippen LogP contribution in [0.25, 0.3) is 0 Å². The maximum Gasteiger partial charge on any atom is 0.335 e. The third kappa shape index (κ3) is 2.70. The summed E-state index contributed by atoms with van der Waals surface area (Å²) in [7, 11) is 1.51. The summed E-state index contributed by atoms with van der Waals surface area (Å²) >= 11 is 0. The van der Waals surface area contributed by atoms with Gasteiger partial charge in [0.05, 0.1) is 18.2 Å². The number of hydrogen-bond donors (Lipinski definition) is 1. The molecule has 0 atom stereocenters. The van der Waals surface area contributed by atoms with E-state index in [2.05, 4.69) is 0 Å². The summed E-state index contributed by atoms with van der Waals surface area (Å²) < 4.78 is 10.8. The number of rotatable bonds is 4. The first-order valence-corrected chi connectivity index (χ1v) is 5.74. The van der Waals surface area contributed by atoms with Gasteiger partial charge < -0.3 is 14.6 Å². The molecule has 0 spiro atoms. The first-order chi connectivity index (χ1) is 9.65. The Bertz CT molecular complexity index is 689. The van der Waals surface area contributed by atoms with Crippen LogP contribution in [0.4, 0.5) is 0 Å². The first-order valence-electron chi connectivity index (χ1n) is 5.74. The van der Waals surface area contributed by atoms with Gasteiger partial charge in [0.2, 0.25) is 0 Å². The Labute approximate surface area is 115 Å². The summed E-state index contributed by atoms with van der Waals surface area (Å²) in [5.41, 5.74) is 0.185. The van der Waals surface area contributed by atoms with Crippen LogP contribution in [0, 0.1) is 11.3 Å². The van der Waals surface area contributed by atoms with E-state index < -0.39 is 5.97 Å². The standard InChI is InChI=1S/C15H11NO4/c1-19-13-4-2-3-5-14(13)20-12-7-6-10(15(17)18)8-11(12)9-16/h2-8H,1H3,(H,17,18). The maximum atomic E-state index is 10.9. The molecule has 0 aliphatic rings. The number of carboxylic acid groups (broad SMARTS) is 1. The van der Waals surface area contributed by atoms with Crippen LogP contribution in [0.3, 0.4) is 0 Å². The summed E-state index contributed by atoms with van der Waals surface area (Å²) in [6.07, 6.45) is 0. The topological polar surface area (TPSA) is 79.6 Å². The molecule has 0 saturated heterocycles. The van der Waals surface area contributed by atoms with Crippen molar-refractivity contribution in [2.24, 2.45) is 0 Å². The van der Waals surface area contributed by atoms with Crippen LogP contribution >= 0.6 is 0 Å². The molecule has 20 heavy (non-hydrogen) atoms. The summed E-state index contributed by atoms with van der Waals surface area (Å²) in [6, 6.07) is 13.0. The van der Waals surface area contributed by atoms with Gasteiger partial charge in [0.1, 0.15) is 11.8 Å². The van der Waals surface area contributed by atoms with Crippen LogP contribution in [0.1, 0.15) is 15.9 Å². The fraction of sp³-hybridized carbons (Fsp3) is 0.0667. The predicted octanol–water partition coefficient (Wildman–Crippen LogP) is 3.06. The van der Waals surface area contributed by atoms with Crippen molar-refractivity contribution < 1.29 is 19.4 Å². The Kier molecular flexibility index (Phi) is 3.87. The fourth-order valence-electron chi connectivity index (χ4n) is 1.66. The Morgan fingerprint density at radius 3 is 2.45 bits per heavy atom. The van der Waals surface area contributed by atoms with Gasteiger partial charge in [-0.25, -0.2) is 4.79 Å². The van der Waals surface area contributed by atoms with Crippen LogP contribution in [-0.2, 0) is 0 Å². The number of benzene rings is 2. The number of nitriles is 1. The quantitative estimate of drug-likeness (QED) is 0.922. The lowest BCUT2D eigenvalue weighted by molar-refractivity contribution is 0.0697. The molecule has 0 amide bonds. The molecule has 0 aliphatic heterocycles. The Balaban J connectivity index is 2.39. The molecule has 0 heterocycles. The highest BCUT2D eigenvalue weighted by molar-refractivity contribution is 5.88. The third-order valence-electron chi connectivity index (χ3n) is 2.64. The molecule has 0 bridgehead atoms. The minimum atomic E-state index is -1.09. The second-order valence-corrected chi connectivity index (χ2v) is 3.88. The van der Waals surface area contributed by atoms with E-state index in [-0.39, 0.29) is 16.9 Å². The molecule has 0 fully saturated rings. The number of nitrogens with zero attached hydrogens (tertiary/aromatic N) is 1. The van der Waals surface area contributed by atoms with E-state index in [1.54, 1.807) is 24.3 Å². The van der Waals surface area contributed by atoms with Gasteiger partial charge in [0.15, 0.2) is 11.5 Å². The second-order valence-electron chi connectivity index (χ2n) is 3.88. The van der Waals surface area contributed by atoms with Crippen LogP contribution in [0.2, 0.25) is 0 Å². The number of ether oxygens (including phenoxy) is 2. The molecule has 100 valence electrons. The Morgan fingerprint density at radius 1 is 1.15 bits per heavy atom. The van der Waals surface area contributed by atoms with Crippen molar-refractivity contribution in [1.29, 1.82) is 5.26 Å². The lowest BCUT2D eigenvalue weighted by Crippen LogP contribution is -1.98. The summed E-state index contributed by atoms with van der Waals surface area (Å²) in [5, 5.41) is 18.0. The smallest absolute Gasteiger partial charge is 0.335 e. The molecule has 2 rings (SSSR count). The van der Waals surface area contributed by atoms with Crippen LogP contribution in [0.15, 0.2) is 42.5 Å². The van der Waals surface area contributed by atoms with E-state index in [0.717, 1.165) is 0 Å². The van der Waals surface area contributed by atoms with Crippen molar-refractivity contribution in [3.63, 3.8) is 0 Å². The Morgan fingerprint density at radius 2 is 1.85 bits per heavy atom. The number of hydrogen-bond acceptors (Lipinski definition) is 4. The minimum absolute atomic E-state index is 0.0360. The van der Waals surface area contributed by atoms with Gasteiger partial charge in [-0.1, -0.05) is 12.1 Å². The van der Waals surface area contributed by atoms with Crippen molar-refractivity contribution in [3.05, 3.63) is 53.6 Å². The fourth-order valence-corrected chi connectivity index (χ4v) is 1.66. The van der Waals surface area contributed by atoms with Gasteiger partial charge >= 0.3 is 5.97 Å². The molecule has 5 nitrogen and oxygen atoms in total. The molecule has 5 heteroatoms. The molecular formula is C15H11NO4. The number of carboxylic acids is 1. The van der Waals surface area contributed by atoms with Gasteiger partial charge in [-0.2, -0.15) is 5.26 Å². The number of methoxy groups -OCH3 is 1. The normalized spacial score (nSPS) is 9.60. The summed E-state index contributed by atoms with van der Waals surface area (Å²) in [6.45, 7) is 0. The number of aromatic carboxylic acids is 1. The molecule has 1 N–H and O–H groups in total. The van der Waals surface area contributed by atoms with E-state index in [1.165, 1.54) is 25.3 Å². The van der Waals surface area contributed by atoms with E-state index in [1.807, 2.05) is 6.07 Å². The van der Waals surface area contributed by atoms with Gasteiger partial charge in [-0.15, -0.1) is 0 Å². The zero-order valence-corrected chi connectivity index (χ0v) is 10.7. The highest BCUT2D eigenvalue weighted by Gasteiger charge is 2.11. The molecule has 0 aliphatic carbocycles. The van der Waals surface area contributed by atoms with E-state index in [0.29, 0.717) is 11.5 Å². The average Bonchev–Trinajstić information content (AvgIpc) is 2.48. The minimum Gasteiger partial charge on any atom is -0.493 e. The molecule has 0 saturated carbocycles. The van der Waals surface area contributed by atoms with E-state index in [9.17, 15) is 4.79 Å². The van der Waals surface area contributed by atoms with E-state index >= 15 is 0 Å². The lowest BCUT2D eigenvalue weighted by Gasteiger charge is -2.11. The van der Waals surface area contributed by atoms with Gasteiger partial charge in [0, 0.05) is 0 Å². The largest absolute Gasteiger partial charge is 0.493 e. The van der Waals surface area contributed by atoms with Crippen molar-refractivity contribution in [2.45, 2.75) is 0 Å². The van der Waals surface area contributed by atoms with Crippen LogP contribution in [0.5, 0.6) is 17.2 Å². The summed E-state index contributed by atoms with van der Waals surface area (Å²) in [5.74, 6) is 0.167. The first kappa shape index (κ1) is 13.4. The molecule has 2 aromatic carbocycles. The van der Waals surface area contributed by atoms with Crippen molar-refractivity contribution in [2.75, 3.05) is 7.11 Å². The summed E-state index contributed by atoms with van der Waals surface area (Å²) in [4.78, 5) is 10.9. The number of carbonyl (C=O) groups is 1. The monoisotopic (exact) mass is 269 g/mol. The predicted molar refractivity (Wildman–Crippen MR) is 71.2 cm³/mol. The van der Waals surface area contributed by atoms with Gasteiger partial charge in [0.25, 0.3) is 0 Å². The maximum absolute atomic E-state index is 10.9. The van der Waals surface area contributed by atoms with Gasteiger partial charge in [-0.05, 0) is 30.3 Å². The highest BCUT2D eigenvalue weighted by Crippen LogP contribution is 2.32.